The lowest BCUT2D eigenvalue weighted by atomic mass is 10.3. The van der Waals surface area contributed by atoms with Crippen LogP contribution in [-0.4, -0.2) is 12.3 Å². The van der Waals surface area contributed by atoms with E-state index in [1.54, 1.807) is 23.9 Å². The molecule has 0 aliphatic carbocycles. The summed E-state index contributed by atoms with van der Waals surface area (Å²) in [5.74, 6) is -1.51. The minimum absolute atomic E-state index is 0.0790. The van der Waals surface area contributed by atoms with Gasteiger partial charge in [0, 0.05) is 16.6 Å². The van der Waals surface area contributed by atoms with Crippen LogP contribution >= 0.6 is 11.8 Å². The highest BCUT2D eigenvalue weighted by atomic mass is 32.2. The number of carbonyl (C=O) groups is 1. The molecule has 0 heterocycles. The molecule has 0 fully saturated rings. The van der Waals surface area contributed by atoms with Gasteiger partial charge in [-0.05, 0) is 42.7 Å². The Balaban J connectivity index is 2.01. The molecule has 0 atom stereocenters. The lowest BCUT2D eigenvalue weighted by Gasteiger charge is -2.08. The first-order chi connectivity index (χ1) is 9.58. The van der Waals surface area contributed by atoms with Gasteiger partial charge in [-0.1, -0.05) is 0 Å². The predicted octanol–water partition coefficient (Wildman–Crippen LogP) is 4.33. The highest BCUT2D eigenvalue weighted by Gasteiger charge is 2.08. The van der Waals surface area contributed by atoms with Crippen LogP contribution < -0.4 is 10.6 Å². The van der Waals surface area contributed by atoms with Gasteiger partial charge in [0.1, 0.15) is 11.6 Å². The van der Waals surface area contributed by atoms with Gasteiger partial charge < -0.3 is 10.6 Å². The van der Waals surface area contributed by atoms with E-state index >= 15 is 0 Å². The summed E-state index contributed by atoms with van der Waals surface area (Å²) in [6.45, 7) is 0. The molecule has 0 aliphatic heterocycles. The Morgan fingerprint density at radius 1 is 1.05 bits per heavy atom. The Morgan fingerprint density at radius 2 is 1.75 bits per heavy atom. The third-order valence-corrected chi connectivity index (χ3v) is 3.27. The number of thioether (sulfide) groups is 1. The average molecular weight is 294 g/mol. The summed E-state index contributed by atoms with van der Waals surface area (Å²) >= 11 is 1.59. The Kier molecular flexibility index (Phi) is 4.57. The van der Waals surface area contributed by atoms with E-state index in [0.29, 0.717) is 11.8 Å². The van der Waals surface area contributed by atoms with Crippen molar-refractivity contribution in [1.29, 1.82) is 0 Å². The van der Waals surface area contributed by atoms with Gasteiger partial charge >= 0.3 is 6.03 Å². The second-order valence-corrected chi connectivity index (χ2v) is 4.81. The smallest absolute Gasteiger partial charge is 0.308 e. The van der Waals surface area contributed by atoms with Crippen molar-refractivity contribution >= 4 is 29.2 Å². The summed E-state index contributed by atoms with van der Waals surface area (Å²) in [4.78, 5) is 12.8. The second kappa shape index (κ2) is 6.38. The SMILES string of the molecule is CSc1ccc(NC(=O)Nc2ccc(F)cc2F)cc1. The van der Waals surface area contributed by atoms with Crippen molar-refractivity contribution in [3.8, 4) is 0 Å². The van der Waals surface area contributed by atoms with Crippen LogP contribution in [0.3, 0.4) is 0 Å². The van der Waals surface area contributed by atoms with Gasteiger partial charge in [0.25, 0.3) is 0 Å². The van der Waals surface area contributed by atoms with Gasteiger partial charge in [-0.3, -0.25) is 0 Å². The largest absolute Gasteiger partial charge is 0.323 e. The van der Waals surface area contributed by atoms with Crippen molar-refractivity contribution < 1.29 is 13.6 Å². The normalized spacial score (nSPS) is 10.2. The molecule has 0 aromatic heterocycles. The van der Waals surface area contributed by atoms with Crippen molar-refractivity contribution in [2.75, 3.05) is 16.9 Å². The van der Waals surface area contributed by atoms with Gasteiger partial charge in [0.05, 0.1) is 5.69 Å². The lowest BCUT2D eigenvalue weighted by Crippen LogP contribution is -2.20. The fourth-order valence-electron chi connectivity index (χ4n) is 1.55. The highest BCUT2D eigenvalue weighted by molar-refractivity contribution is 7.98. The summed E-state index contributed by atoms with van der Waals surface area (Å²) in [6, 6.07) is 9.57. The first-order valence-electron chi connectivity index (χ1n) is 5.75. The maximum Gasteiger partial charge on any atom is 0.323 e. The van der Waals surface area contributed by atoms with E-state index < -0.39 is 17.7 Å². The molecule has 0 aliphatic rings. The molecule has 3 nitrogen and oxygen atoms in total. The van der Waals surface area contributed by atoms with Crippen LogP contribution in [0.1, 0.15) is 0 Å². The number of carbonyl (C=O) groups excluding carboxylic acids is 1. The van der Waals surface area contributed by atoms with Gasteiger partial charge in [0.15, 0.2) is 0 Å². The van der Waals surface area contributed by atoms with Crippen molar-refractivity contribution in [2.24, 2.45) is 0 Å². The monoisotopic (exact) mass is 294 g/mol. The molecule has 0 saturated heterocycles. The molecule has 2 aromatic carbocycles. The summed E-state index contributed by atoms with van der Waals surface area (Å²) in [6.07, 6.45) is 1.95. The lowest BCUT2D eigenvalue weighted by molar-refractivity contribution is 0.262. The maximum atomic E-state index is 13.4. The third-order valence-electron chi connectivity index (χ3n) is 2.53. The standard InChI is InChI=1S/C14H12F2N2OS/c1-20-11-5-3-10(4-6-11)17-14(19)18-13-7-2-9(15)8-12(13)16/h2-8H,1H3,(H2,17,18,19). The molecule has 6 heteroatoms. The number of benzene rings is 2. The predicted molar refractivity (Wildman–Crippen MR) is 77.2 cm³/mol. The van der Waals surface area contributed by atoms with E-state index in [2.05, 4.69) is 10.6 Å². The highest BCUT2D eigenvalue weighted by Crippen LogP contribution is 2.18. The van der Waals surface area contributed by atoms with Crippen molar-refractivity contribution in [3.63, 3.8) is 0 Å². The first-order valence-corrected chi connectivity index (χ1v) is 6.98. The zero-order valence-electron chi connectivity index (χ0n) is 10.6. The van der Waals surface area contributed by atoms with E-state index in [0.717, 1.165) is 11.0 Å². The van der Waals surface area contributed by atoms with Crippen molar-refractivity contribution in [2.45, 2.75) is 4.90 Å². The number of halogens is 2. The Hall–Kier alpha value is -2.08. The zero-order valence-corrected chi connectivity index (χ0v) is 11.4. The summed E-state index contributed by atoms with van der Waals surface area (Å²) in [7, 11) is 0. The second-order valence-electron chi connectivity index (χ2n) is 3.93. The molecule has 0 bridgehead atoms. The van der Waals surface area contributed by atoms with Gasteiger partial charge in [-0.2, -0.15) is 0 Å². The van der Waals surface area contributed by atoms with E-state index in [4.69, 9.17) is 0 Å². The number of nitrogens with one attached hydrogen (secondary N) is 2. The number of urea groups is 1. The Morgan fingerprint density at radius 3 is 2.35 bits per heavy atom. The van der Waals surface area contributed by atoms with E-state index in [-0.39, 0.29) is 5.69 Å². The van der Waals surface area contributed by atoms with Gasteiger partial charge in [0.2, 0.25) is 0 Å². The molecule has 104 valence electrons. The minimum atomic E-state index is -0.821. The van der Waals surface area contributed by atoms with Crippen LogP contribution in [0.4, 0.5) is 25.0 Å². The van der Waals surface area contributed by atoms with Crippen molar-refractivity contribution in [1.82, 2.24) is 0 Å². The van der Waals surface area contributed by atoms with Crippen LogP contribution in [0.5, 0.6) is 0 Å². The minimum Gasteiger partial charge on any atom is -0.308 e. The molecule has 0 spiro atoms. The van der Waals surface area contributed by atoms with Crippen LogP contribution in [0.15, 0.2) is 47.4 Å². The van der Waals surface area contributed by atoms with Crippen LogP contribution in [0.2, 0.25) is 0 Å². The number of hydrogen-bond donors (Lipinski definition) is 2. The molecule has 2 amide bonds. The Bertz CT molecular complexity index is 617. The first kappa shape index (κ1) is 14.3. The van der Waals surface area contributed by atoms with E-state index in [9.17, 15) is 13.6 Å². The van der Waals surface area contributed by atoms with Crippen LogP contribution in [0.25, 0.3) is 0 Å². The molecule has 0 unspecified atom stereocenters. The fraction of sp³-hybridized carbons (Fsp3) is 0.0714. The average Bonchev–Trinajstić information content (AvgIpc) is 2.43. The number of hydrogen-bond acceptors (Lipinski definition) is 2. The Labute approximate surface area is 119 Å². The maximum absolute atomic E-state index is 13.4. The molecular formula is C14H12F2N2OS. The number of anilines is 2. The van der Waals surface area contributed by atoms with E-state index in [1.807, 2.05) is 18.4 Å². The quantitative estimate of drug-likeness (QED) is 0.827. The van der Waals surface area contributed by atoms with Crippen LogP contribution in [-0.2, 0) is 0 Å². The number of rotatable bonds is 3. The summed E-state index contributed by atoms with van der Waals surface area (Å²) < 4.78 is 26.1. The van der Waals surface area contributed by atoms with Crippen molar-refractivity contribution in [3.05, 3.63) is 54.1 Å². The number of amides is 2. The van der Waals surface area contributed by atoms with Gasteiger partial charge in [-0.15, -0.1) is 11.8 Å². The fourth-order valence-corrected chi connectivity index (χ4v) is 1.96. The van der Waals surface area contributed by atoms with Gasteiger partial charge in [-0.25, -0.2) is 13.6 Å². The zero-order chi connectivity index (χ0) is 14.5. The summed E-state index contributed by atoms with van der Waals surface area (Å²) in [5.41, 5.74) is 0.507. The van der Waals surface area contributed by atoms with Crippen LogP contribution in [0, 0.1) is 11.6 Å². The molecule has 2 rings (SSSR count). The topological polar surface area (TPSA) is 41.1 Å². The molecule has 2 N–H and O–H groups in total. The van der Waals surface area contributed by atoms with E-state index in [1.165, 1.54) is 6.07 Å². The molecule has 0 radical (unpaired) electrons. The molecular weight excluding hydrogens is 282 g/mol. The molecule has 2 aromatic rings. The molecule has 0 saturated carbocycles. The molecule has 20 heavy (non-hydrogen) atoms. The summed E-state index contributed by atoms with van der Waals surface area (Å²) in [5, 5.41) is 4.88. The third kappa shape index (κ3) is 3.71.